The second kappa shape index (κ2) is 7.85. The summed E-state index contributed by atoms with van der Waals surface area (Å²) in [6.45, 7) is 1.21. The van der Waals surface area contributed by atoms with Crippen molar-refractivity contribution in [1.82, 2.24) is 10.6 Å². The molecule has 3 N–H and O–H groups in total. The number of hydrogen-bond donors (Lipinski definition) is 3. The molecule has 0 aromatic heterocycles. The molecule has 0 heterocycles. The fourth-order valence-corrected chi connectivity index (χ4v) is 1.61. The van der Waals surface area contributed by atoms with Crippen LogP contribution >= 0.6 is 23.2 Å². The molecule has 0 aliphatic carbocycles. The van der Waals surface area contributed by atoms with E-state index in [2.05, 4.69) is 10.6 Å². The molecule has 0 aliphatic heterocycles. The van der Waals surface area contributed by atoms with Gasteiger partial charge in [0.15, 0.2) is 0 Å². The van der Waals surface area contributed by atoms with Gasteiger partial charge in [-0.25, -0.2) is 0 Å². The predicted molar refractivity (Wildman–Crippen MR) is 78.6 cm³/mol. The smallest absolute Gasteiger partial charge is 0.308 e. The number of carbonyl (C=O) groups excluding carboxylic acids is 2. The van der Waals surface area contributed by atoms with E-state index in [4.69, 9.17) is 28.3 Å². The van der Waals surface area contributed by atoms with Crippen LogP contribution < -0.4 is 10.6 Å². The zero-order valence-electron chi connectivity index (χ0n) is 11.2. The summed E-state index contributed by atoms with van der Waals surface area (Å²) in [7, 11) is 0. The third kappa shape index (κ3) is 5.61. The Morgan fingerprint density at radius 2 is 1.86 bits per heavy atom. The Morgan fingerprint density at radius 1 is 1.19 bits per heavy atom. The third-order valence-corrected chi connectivity index (χ3v) is 3.36. The third-order valence-electron chi connectivity index (χ3n) is 2.62. The molecule has 1 aromatic carbocycles. The van der Waals surface area contributed by atoms with Crippen LogP contribution in [0.25, 0.3) is 0 Å². The molecule has 0 bridgehead atoms. The molecule has 1 aromatic rings. The number of aliphatic carboxylic acids is 1. The topological polar surface area (TPSA) is 95.5 Å². The van der Waals surface area contributed by atoms with Gasteiger partial charge in [0.1, 0.15) is 0 Å². The quantitative estimate of drug-likeness (QED) is 0.736. The maximum absolute atomic E-state index is 11.8. The molecule has 0 saturated carbocycles. The lowest BCUT2D eigenvalue weighted by molar-refractivity contribution is -0.141. The Hall–Kier alpha value is -1.79. The molecule has 114 valence electrons. The van der Waals surface area contributed by atoms with Gasteiger partial charge in [0.2, 0.25) is 5.91 Å². The Labute approximate surface area is 131 Å². The second-order valence-electron chi connectivity index (χ2n) is 4.35. The minimum atomic E-state index is -1.00. The van der Waals surface area contributed by atoms with Crippen LogP contribution in [0.15, 0.2) is 18.2 Å². The highest BCUT2D eigenvalue weighted by Crippen LogP contribution is 2.22. The lowest BCUT2D eigenvalue weighted by Gasteiger charge is -2.09. The normalized spacial score (nSPS) is 11.6. The highest BCUT2D eigenvalue weighted by atomic mass is 35.5. The number of nitrogens with one attached hydrogen (secondary N) is 2. The average molecular weight is 333 g/mol. The van der Waals surface area contributed by atoms with Crippen molar-refractivity contribution >= 4 is 41.0 Å². The summed E-state index contributed by atoms with van der Waals surface area (Å²) in [5.74, 6) is -2.65. The van der Waals surface area contributed by atoms with Gasteiger partial charge in [0.25, 0.3) is 5.91 Å². The predicted octanol–water partition coefficient (Wildman–Crippen LogP) is 1.56. The minimum Gasteiger partial charge on any atom is -0.481 e. The number of halogens is 2. The summed E-state index contributed by atoms with van der Waals surface area (Å²) in [5.41, 5.74) is 0.274. The van der Waals surface area contributed by atoms with Crippen molar-refractivity contribution in [2.75, 3.05) is 13.1 Å². The fourth-order valence-electron chi connectivity index (χ4n) is 1.32. The molecule has 6 nitrogen and oxygen atoms in total. The molecule has 8 heteroatoms. The molecule has 0 aliphatic rings. The van der Waals surface area contributed by atoms with Crippen LogP contribution in [-0.4, -0.2) is 36.0 Å². The molecular weight excluding hydrogens is 319 g/mol. The first-order chi connectivity index (χ1) is 9.81. The maximum Gasteiger partial charge on any atom is 0.308 e. The largest absolute Gasteiger partial charge is 0.481 e. The van der Waals surface area contributed by atoms with Crippen LogP contribution in [0, 0.1) is 5.92 Å². The first-order valence-electron chi connectivity index (χ1n) is 6.04. The van der Waals surface area contributed by atoms with E-state index in [0.717, 1.165) is 0 Å². The van der Waals surface area contributed by atoms with Crippen LogP contribution in [0.2, 0.25) is 10.0 Å². The van der Waals surface area contributed by atoms with Crippen molar-refractivity contribution < 1.29 is 19.5 Å². The van der Waals surface area contributed by atoms with Crippen molar-refractivity contribution in [3.05, 3.63) is 33.8 Å². The van der Waals surface area contributed by atoms with Crippen LogP contribution in [0.5, 0.6) is 0 Å². The van der Waals surface area contributed by atoms with Gasteiger partial charge in [-0.1, -0.05) is 30.1 Å². The van der Waals surface area contributed by atoms with E-state index >= 15 is 0 Å². The zero-order valence-corrected chi connectivity index (χ0v) is 12.7. The number of carbonyl (C=O) groups is 3. The van der Waals surface area contributed by atoms with Crippen LogP contribution in [-0.2, 0) is 9.59 Å². The Morgan fingerprint density at radius 3 is 2.43 bits per heavy atom. The molecule has 0 spiro atoms. The molecule has 0 fully saturated rings. The summed E-state index contributed by atoms with van der Waals surface area (Å²) in [5, 5.41) is 14.0. The Bertz CT molecular complexity index is 563. The minimum absolute atomic E-state index is 0.00316. The molecule has 0 saturated heterocycles. The van der Waals surface area contributed by atoms with Gasteiger partial charge >= 0.3 is 5.97 Å². The van der Waals surface area contributed by atoms with Crippen LogP contribution in [0.1, 0.15) is 17.3 Å². The first kappa shape index (κ1) is 17.3. The highest BCUT2D eigenvalue weighted by molar-refractivity contribution is 6.42. The van der Waals surface area contributed by atoms with E-state index in [-0.39, 0.29) is 23.7 Å². The van der Waals surface area contributed by atoms with Crippen molar-refractivity contribution in [2.45, 2.75) is 6.92 Å². The van der Waals surface area contributed by atoms with Gasteiger partial charge in [0.05, 0.1) is 22.5 Å². The molecule has 1 atom stereocenters. The number of benzene rings is 1. The van der Waals surface area contributed by atoms with Crippen LogP contribution in [0.3, 0.4) is 0 Å². The summed E-state index contributed by atoms with van der Waals surface area (Å²) in [6.07, 6.45) is 0. The number of amides is 2. The van der Waals surface area contributed by atoms with Crippen molar-refractivity contribution in [2.24, 2.45) is 5.92 Å². The lowest BCUT2D eigenvalue weighted by atomic mass is 10.2. The average Bonchev–Trinajstić information content (AvgIpc) is 2.44. The van der Waals surface area contributed by atoms with E-state index in [0.29, 0.717) is 5.02 Å². The Balaban J connectivity index is 2.43. The van der Waals surface area contributed by atoms with Crippen molar-refractivity contribution in [1.29, 1.82) is 0 Å². The van der Waals surface area contributed by atoms with Gasteiger partial charge in [-0.2, -0.15) is 0 Å². The number of hydrogen-bond acceptors (Lipinski definition) is 3. The summed E-state index contributed by atoms with van der Waals surface area (Å²) in [6, 6.07) is 4.35. The summed E-state index contributed by atoms with van der Waals surface area (Å²) < 4.78 is 0. The number of carboxylic acids is 1. The van der Waals surface area contributed by atoms with Gasteiger partial charge in [-0.15, -0.1) is 0 Å². The highest BCUT2D eigenvalue weighted by Gasteiger charge is 2.13. The van der Waals surface area contributed by atoms with E-state index < -0.39 is 23.7 Å². The van der Waals surface area contributed by atoms with Crippen molar-refractivity contribution in [3.8, 4) is 0 Å². The summed E-state index contributed by atoms with van der Waals surface area (Å²) in [4.78, 5) is 33.8. The van der Waals surface area contributed by atoms with E-state index in [1.807, 2.05) is 0 Å². The van der Waals surface area contributed by atoms with Crippen molar-refractivity contribution in [3.63, 3.8) is 0 Å². The molecule has 1 rings (SSSR count). The second-order valence-corrected chi connectivity index (χ2v) is 5.17. The zero-order chi connectivity index (χ0) is 16.0. The van der Waals surface area contributed by atoms with Gasteiger partial charge < -0.3 is 15.7 Å². The SMILES string of the molecule is CC(CNC(=O)CNC(=O)c1ccc(Cl)c(Cl)c1)C(=O)O. The molecule has 1 unspecified atom stereocenters. The van der Waals surface area contributed by atoms with E-state index in [1.165, 1.54) is 25.1 Å². The lowest BCUT2D eigenvalue weighted by Crippen LogP contribution is -2.39. The number of rotatable bonds is 6. The molecule has 21 heavy (non-hydrogen) atoms. The van der Waals surface area contributed by atoms with Gasteiger partial charge in [-0.3, -0.25) is 14.4 Å². The standard InChI is InChI=1S/C13H14Cl2N2O4/c1-7(13(20)21)5-16-11(18)6-17-12(19)8-2-3-9(14)10(15)4-8/h2-4,7H,5-6H2,1H3,(H,16,18)(H,17,19)(H,20,21). The van der Waals surface area contributed by atoms with Gasteiger partial charge in [-0.05, 0) is 18.2 Å². The molecule has 2 amide bonds. The molecular formula is C13H14Cl2N2O4. The number of carboxylic acid groups (broad SMARTS) is 1. The van der Waals surface area contributed by atoms with Crippen LogP contribution in [0.4, 0.5) is 0 Å². The monoisotopic (exact) mass is 332 g/mol. The Kier molecular flexibility index (Phi) is 6.45. The summed E-state index contributed by atoms with van der Waals surface area (Å²) >= 11 is 11.5. The van der Waals surface area contributed by atoms with E-state index in [9.17, 15) is 14.4 Å². The van der Waals surface area contributed by atoms with Gasteiger partial charge in [0, 0.05) is 12.1 Å². The maximum atomic E-state index is 11.8. The molecule has 0 radical (unpaired) electrons. The first-order valence-corrected chi connectivity index (χ1v) is 6.79. The van der Waals surface area contributed by atoms with E-state index in [1.54, 1.807) is 0 Å². The fraction of sp³-hybridized carbons (Fsp3) is 0.308.